The van der Waals surface area contributed by atoms with E-state index in [0.717, 1.165) is 19.5 Å². The van der Waals surface area contributed by atoms with E-state index in [1.54, 1.807) is 11.8 Å². The van der Waals surface area contributed by atoms with Crippen molar-refractivity contribution in [2.24, 2.45) is 0 Å². The van der Waals surface area contributed by atoms with Gasteiger partial charge in [0.1, 0.15) is 0 Å². The van der Waals surface area contributed by atoms with E-state index in [0.29, 0.717) is 17.7 Å². The largest absolute Gasteiger partial charge is 0.372 e. The standard InChI is InChI=1S/C30H29N5OS.ClH/c1-2-7-24(8-3-1)29(37-30-32-34-35-33-30)25-14-12-23(13-15-25)27-16-17-31-19-28(27)36-20-21-10-11-22-6-4-5-9-26(22)18-21;/h1-15,18,27-29,31H,16-17,19-20H2,(H,32,33,34,35);1H. The molecule has 0 radical (unpaired) electrons. The van der Waals surface area contributed by atoms with Crippen LogP contribution < -0.4 is 5.32 Å². The second kappa shape index (κ2) is 12.5. The van der Waals surface area contributed by atoms with Crippen LogP contribution >= 0.6 is 24.2 Å². The molecule has 6 nitrogen and oxygen atoms in total. The number of nitrogens with one attached hydrogen (secondary N) is 2. The smallest absolute Gasteiger partial charge is 0.231 e. The van der Waals surface area contributed by atoms with E-state index in [-0.39, 0.29) is 23.8 Å². The summed E-state index contributed by atoms with van der Waals surface area (Å²) in [6.45, 7) is 2.48. The maximum Gasteiger partial charge on any atom is 0.231 e. The molecule has 3 atom stereocenters. The molecule has 3 unspecified atom stereocenters. The van der Waals surface area contributed by atoms with E-state index >= 15 is 0 Å². The SMILES string of the molecule is Cl.c1ccc(C(Sc2nn[nH]n2)c2ccc(C3CCNCC3OCc3ccc4ccccc4c3)cc2)cc1. The molecule has 0 spiro atoms. The van der Waals surface area contributed by atoms with E-state index in [2.05, 4.69) is 117 Å². The van der Waals surface area contributed by atoms with Crippen molar-refractivity contribution in [3.63, 3.8) is 0 Å². The second-order valence-electron chi connectivity index (χ2n) is 9.40. The number of piperidine rings is 1. The van der Waals surface area contributed by atoms with Gasteiger partial charge in [-0.15, -0.1) is 22.6 Å². The number of fused-ring (bicyclic) bond motifs is 1. The van der Waals surface area contributed by atoms with E-state index in [1.165, 1.54) is 33.0 Å². The first-order valence-electron chi connectivity index (χ1n) is 12.7. The Morgan fingerprint density at radius 1 is 0.868 bits per heavy atom. The first-order chi connectivity index (χ1) is 18.3. The lowest BCUT2D eigenvalue weighted by atomic mass is 9.87. The van der Waals surface area contributed by atoms with Crippen LogP contribution in [-0.2, 0) is 11.3 Å². The number of rotatable bonds is 8. The molecule has 1 aliphatic heterocycles. The highest BCUT2D eigenvalue weighted by Gasteiger charge is 2.28. The molecule has 2 N–H and O–H groups in total. The summed E-state index contributed by atoms with van der Waals surface area (Å²) < 4.78 is 6.51. The molecule has 8 heteroatoms. The van der Waals surface area contributed by atoms with Gasteiger partial charge in [0.15, 0.2) is 0 Å². The van der Waals surface area contributed by atoms with Crippen molar-refractivity contribution >= 4 is 34.9 Å². The Hall–Kier alpha value is -3.23. The highest BCUT2D eigenvalue weighted by molar-refractivity contribution is 7.99. The molecular formula is C30H30ClN5OS. The molecular weight excluding hydrogens is 514 g/mol. The van der Waals surface area contributed by atoms with E-state index < -0.39 is 0 Å². The minimum absolute atomic E-state index is 0. The monoisotopic (exact) mass is 543 g/mol. The van der Waals surface area contributed by atoms with Gasteiger partial charge >= 0.3 is 0 Å². The number of ether oxygens (including phenoxy) is 1. The molecule has 1 saturated heterocycles. The van der Waals surface area contributed by atoms with Gasteiger partial charge in [-0.2, -0.15) is 5.21 Å². The van der Waals surface area contributed by atoms with E-state index in [9.17, 15) is 0 Å². The molecule has 0 aliphatic carbocycles. The van der Waals surface area contributed by atoms with Crippen molar-refractivity contribution in [2.75, 3.05) is 13.1 Å². The fourth-order valence-corrected chi connectivity index (χ4v) is 6.08. The molecule has 0 saturated carbocycles. The second-order valence-corrected chi connectivity index (χ2v) is 10.5. The van der Waals surface area contributed by atoms with Gasteiger partial charge < -0.3 is 10.1 Å². The van der Waals surface area contributed by atoms with Crippen molar-refractivity contribution in [1.82, 2.24) is 25.9 Å². The van der Waals surface area contributed by atoms with Gasteiger partial charge in [0.25, 0.3) is 0 Å². The highest BCUT2D eigenvalue weighted by Crippen LogP contribution is 2.39. The normalized spacial score (nSPS) is 18.1. The third-order valence-corrected chi connectivity index (χ3v) is 8.19. The summed E-state index contributed by atoms with van der Waals surface area (Å²) >= 11 is 1.60. The lowest BCUT2D eigenvalue weighted by Gasteiger charge is -2.33. The molecule has 6 rings (SSSR count). The summed E-state index contributed by atoms with van der Waals surface area (Å²) in [5.41, 5.74) is 4.96. The molecule has 1 aromatic heterocycles. The third kappa shape index (κ3) is 6.08. The number of hydrogen-bond acceptors (Lipinski definition) is 6. The third-order valence-electron chi connectivity index (χ3n) is 7.02. The Morgan fingerprint density at radius 3 is 2.42 bits per heavy atom. The maximum absolute atomic E-state index is 6.51. The van der Waals surface area contributed by atoms with Crippen molar-refractivity contribution in [3.05, 3.63) is 119 Å². The number of H-pyrrole nitrogens is 1. The van der Waals surface area contributed by atoms with Gasteiger partial charge in [0.2, 0.25) is 5.16 Å². The van der Waals surface area contributed by atoms with Crippen LogP contribution in [0.5, 0.6) is 0 Å². The summed E-state index contributed by atoms with van der Waals surface area (Å²) in [6, 6.07) is 34.5. The topological polar surface area (TPSA) is 75.7 Å². The number of aromatic amines is 1. The lowest BCUT2D eigenvalue weighted by Crippen LogP contribution is -2.40. The van der Waals surface area contributed by atoms with Crippen LogP contribution in [0, 0.1) is 0 Å². The van der Waals surface area contributed by atoms with Gasteiger partial charge in [-0.05, 0) is 57.3 Å². The van der Waals surface area contributed by atoms with Crippen molar-refractivity contribution in [1.29, 1.82) is 0 Å². The number of aromatic nitrogens is 4. The fourth-order valence-electron chi connectivity index (χ4n) is 5.10. The fraction of sp³-hybridized carbons (Fsp3) is 0.233. The summed E-state index contributed by atoms with van der Waals surface area (Å²) in [5, 5.41) is 21.4. The number of hydrogen-bond donors (Lipinski definition) is 2. The van der Waals surface area contributed by atoms with E-state index in [4.69, 9.17) is 4.74 Å². The van der Waals surface area contributed by atoms with Crippen LogP contribution in [0.15, 0.2) is 102 Å². The zero-order valence-corrected chi connectivity index (χ0v) is 22.5. The van der Waals surface area contributed by atoms with Crippen LogP contribution in [0.1, 0.15) is 39.8 Å². The molecule has 1 aliphatic rings. The van der Waals surface area contributed by atoms with Gasteiger partial charge in [-0.25, -0.2) is 0 Å². The molecule has 2 heterocycles. The number of tetrazole rings is 1. The first-order valence-corrected chi connectivity index (χ1v) is 13.6. The van der Waals surface area contributed by atoms with Crippen molar-refractivity contribution in [3.8, 4) is 0 Å². The molecule has 0 bridgehead atoms. The average molecular weight is 544 g/mol. The summed E-state index contributed by atoms with van der Waals surface area (Å²) in [4.78, 5) is 0. The van der Waals surface area contributed by atoms with Crippen LogP contribution in [0.2, 0.25) is 0 Å². The molecule has 0 amide bonds. The lowest BCUT2D eigenvalue weighted by molar-refractivity contribution is 0.0106. The Morgan fingerprint density at radius 2 is 1.63 bits per heavy atom. The number of nitrogens with zero attached hydrogens (tertiary/aromatic N) is 3. The van der Waals surface area contributed by atoms with Gasteiger partial charge in [0, 0.05) is 12.5 Å². The predicted octanol–water partition coefficient (Wildman–Crippen LogP) is 6.32. The maximum atomic E-state index is 6.51. The van der Waals surface area contributed by atoms with Gasteiger partial charge in [0.05, 0.1) is 18.0 Å². The van der Waals surface area contributed by atoms with Gasteiger partial charge in [-0.1, -0.05) is 103 Å². The Bertz CT molecular complexity index is 1430. The molecule has 1 fully saturated rings. The molecule has 4 aromatic carbocycles. The predicted molar refractivity (Wildman–Crippen MR) is 155 cm³/mol. The minimum Gasteiger partial charge on any atom is -0.372 e. The van der Waals surface area contributed by atoms with Crippen LogP contribution in [0.4, 0.5) is 0 Å². The molecule has 194 valence electrons. The van der Waals surface area contributed by atoms with Crippen molar-refractivity contribution < 1.29 is 4.74 Å². The van der Waals surface area contributed by atoms with Crippen molar-refractivity contribution in [2.45, 2.75) is 35.5 Å². The minimum atomic E-state index is 0. The van der Waals surface area contributed by atoms with Crippen LogP contribution in [0.3, 0.4) is 0 Å². The number of benzene rings is 4. The van der Waals surface area contributed by atoms with Gasteiger partial charge in [-0.3, -0.25) is 0 Å². The number of thioether (sulfide) groups is 1. The molecule has 38 heavy (non-hydrogen) atoms. The quantitative estimate of drug-likeness (QED) is 0.223. The summed E-state index contributed by atoms with van der Waals surface area (Å²) in [5.74, 6) is 0.357. The van der Waals surface area contributed by atoms with E-state index in [1.807, 2.05) is 6.07 Å². The summed E-state index contributed by atoms with van der Waals surface area (Å²) in [6.07, 6.45) is 1.19. The average Bonchev–Trinajstić information content (AvgIpc) is 3.49. The Balaban J connectivity index is 0.00000294. The highest BCUT2D eigenvalue weighted by atomic mass is 35.5. The zero-order chi connectivity index (χ0) is 24.9. The number of halogens is 1. The Kier molecular flexibility index (Phi) is 8.71. The molecule has 5 aromatic rings. The zero-order valence-electron chi connectivity index (χ0n) is 20.9. The summed E-state index contributed by atoms with van der Waals surface area (Å²) in [7, 11) is 0. The Labute approximate surface area is 233 Å². The van der Waals surface area contributed by atoms with Crippen LogP contribution in [0.25, 0.3) is 10.8 Å². The van der Waals surface area contributed by atoms with Crippen LogP contribution in [-0.4, -0.2) is 39.8 Å². The first kappa shape index (κ1) is 26.4.